The van der Waals surface area contributed by atoms with Crippen LogP contribution < -0.4 is 10.6 Å². The predicted molar refractivity (Wildman–Crippen MR) is 67.6 cm³/mol. The molecule has 1 aliphatic carbocycles. The first-order valence-electron chi connectivity index (χ1n) is 6.10. The third-order valence-electron chi connectivity index (χ3n) is 2.76. The van der Waals surface area contributed by atoms with Gasteiger partial charge in [0, 0.05) is 41.8 Å². The summed E-state index contributed by atoms with van der Waals surface area (Å²) in [5.41, 5.74) is 3.60. The number of anilines is 1. The number of hydrogen-bond acceptors (Lipinski definition) is 3. The first-order valence-corrected chi connectivity index (χ1v) is 6.10. The van der Waals surface area contributed by atoms with Crippen molar-refractivity contribution in [3.05, 3.63) is 23.5 Å². The summed E-state index contributed by atoms with van der Waals surface area (Å²) in [5.74, 6) is 0. The van der Waals surface area contributed by atoms with Crippen LogP contribution >= 0.6 is 0 Å². The lowest BCUT2D eigenvalue weighted by atomic mass is 10.2. The van der Waals surface area contributed by atoms with Crippen molar-refractivity contribution in [2.45, 2.75) is 52.2 Å². The minimum Gasteiger partial charge on any atom is -0.382 e. The summed E-state index contributed by atoms with van der Waals surface area (Å²) in [7, 11) is 0. The molecular formula is C13H21N3. The summed E-state index contributed by atoms with van der Waals surface area (Å²) >= 11 is 0. The summed E-state index contributed by atoms with van der Waals surface area (Å²) in [6, 6.07) is 3.35. The normalized spacial score (nSPS) is 15.5. The van der Waals surface area contributed by atoms with Gasteiger partial charge >= 0.3 is 0 Å². The number of pyridine rings is 1. The molecule has 0 radical (unpaired) electrons. The van der Waals surface area contributed by atoms with Crippen LogP contribution in [-0.4, -0.2) is 17.1 Å². The van der Waals surface area contributed by atoms with Gasteiger partial charge in [0.05, 0.1) is 0 Å². The number of rotatable bonds is 5. The molecule has 88 valence electrons. The molecule has 0 bridgehead atoms. The Morgan fingerprint density at radius 3 is 2.81 bits per heavy atom. The van der Waals surface area contributed by atoms with Crippen LogP contribution in [0.1, 0.15) is 37.9 Å². The Balaban J connectivity index is 2.07. The molecule has 0 aromatic carbocycles. The fourth-order valence-electron chi connectivity index (χ4n) is 1.63. The highest BCUT2D eigenvalue weighted by Gasteiger charge is 2.21. The van der Waals surface area contributed by atoms with Crippen LogP contribution in [0.5, 0.6) is 0 Å². The summed E-state index contributed by atoms with van der Waals surface area (Å²) in [4.78, 5) is 4.37. The highest BCUT2D eigenvalue weighted by molar-refractivity contribution is 5.52. The maximum Gasteiger partial charge on any atom is 0.0421 e. The maximum atomic E-state index is 4.37. The molecule has 0 aliphatic heterocycles. The van der Waals surface area contributed by atoms with E-state index in [4.69, 9.17) is 0 Å². The van der Waals surface area contributed by atoms with Gasteiger partial charge in [-0.2, -0.15) is 0 Å². The molecule has 0 amide bonds. The van der Waals surface area contributed by atoms with Crippen molar-refractivity contribution in [2.24, 2.45) is 0 Å². The molecule has 1 saturated carbocycles. The molecule has 1 aromatic rings. The number of nitrogens with zero attached hydrogens (tertiary/aromatic N) is 1. The van der Waals surface area contributed by atoms with Gasteiger partial charge in [0.25, 0.3) is 0 Å². The Labute approximate surface area is 97.7 Å². The zero-order valence-corrected chi connectivity index (χ0v) is 10.4. The minimum atomic E-state index is 0.509. The smallest absolute Gasteiger partial charge is 0.0421 e. The SMILES string of the molecule is Cc1cc(NC2CC2)c(CNC(C)C)cn1. The molecule has 1 heterocycles. The van der Waals surface area contributed by atoms with E-state index < -0.39 is 0 Å². The van der Waals surface area contributed by atoms with E-state index in [1.54, 1.807) is 0 Å². The number of nitrogens with one attached hydrogen (secondary N) is 2. The van der Waals surface area contributed by atoms with Gasteiger partial charge in [-0.05, 0) is 25.8 Å². The van der Waals surface area contributed by atoms with Crippen molar-refractivity contribution in [3.63, 3.8) is 0 Å². The number of aryl methyl sites for hydroxylation is 1. The van der Waals surface area contributed by atoms with Gasteiger partial charge in [0.15, 0.2) is 0 Å². The van der Waals surface area contributed by atoms with Crippen LogP contribution in [0, 0.1) is 6.92 Å². The maximum absolute atomic E-state index is 4.37. The van der Waals surface area contributed by atoms with Gasteiger partial charge in [-0.3, -0.25) is 4.98 Å². The molecule has 16 heavy (non-hydrogen) atoms. The average molecular weight is 219 g/mol. The van der Waals surface area contributed by atoms with Gasteiger partial charge in [0.1, 0.15) is 0 Å². The molecule has 2 N–H and O–H groups in total. The first-order chi connectivity index (χ1) is 7.65. The topological polar surface area (TPSA) is 37.0 Å². The fourth-order valence-corrected chi connectivity index (χ4v) is 1.63. The molecule has 0 atom stereocenters. The third kappa shape index (κ3) is 3.20. The van der Waals surface area contributed by atoms with E-state index in [2.05, 4.69) is 35.5 Å². The van der Waals surface area contributed by atoms with E-state index in [0.717, 1.165) is 12.2 Å². The predicted octanol–water partition coefficient (Wildman–Crippen LogP) is 2.46. The minimum absolute atomic E-state index is 0.509. The molecule has 0 saturated heterocycles. The second kappa shape index (κ2) is 4.83. The lowest BCUT2D eigenvalue weighted by molar-refractivity contribution is 0.588. The summed E-state index contributed by atoms with van der Waals surface area (Å²) < 4.78 is 0. The Hall–Kier alpha value is -1.09. The number of aromatic nitrogens is 1. The lowest BCUT2D eigenvalue weighted by Crippen LogP contribution is -2.22. The average Bonchev–Trinajstić information content (AvgIpc) is 3.00. The third-order valence-corrected chi connectivity index (χ3v) is 2.76. The Kier molecular flexibility index (Phi) is 3.44. The lowest BCUT2D eigenvalue weighted by Gasteiger charge is -2.14. The Morgan fingerprint density at radius 1 is 1.44 bits per heavy atom. The molecule has 1 aromatic heterocycles. The van der Waals surface area contributed by atoms with Crippen molar-refractivity contribution in [1.29, 1.82) is 0 Å². The second-order valence-electron chi connectivity index (χ2n) is 4.94. The monoisotopic (exact) mass is 219 g/mol. The zero-order chi connectivity index (χ0) is 11.5. The quantitative estimate of drug-likeness (QED) is 0.798. The van der Waals surface area contributed by atoms with Crippen LogP contribution in [0.25, 0.3) is 0 Å². The summed E-state index contributed by atoms with van der Waals surface area (Å²) in [5, 5.41) is 7.00. The van der Waals surface area contributed by atoms with Crippen molar-refractivity contribution in [2.75, 3.05) is 5.32 Å². The molecule has 0 spiro atoms. The van der Waals surface area contributed by atoms with Crippen molar-refractivity contribution < 1.29 is 0 Å². The fraction of sp³-hybridized carbons (Fsp3) is 0.615. The van der Waals surface area contributed by atoms with Gasteiger partial charge in [-0.1, -0.05) is 13.8 Å². The van der Waals surface area contributed by atoms with E-state index in [0.29, 0.717) is 12.1 Å². The number of hydrogen-bond donors (Lipinski definition) is 2. The van der Waals surface area contributed by atoms with Crippen molar-refractivity contribution in [3.8, 4) is 0 Å². The zero-order valence-electron chi connectivity index (χ0n) is 10.4. The van der Waals surface area contributed by atoms with E-state index in [1.165, 1.54) is 24.1 Å². The van der Waals surface area contributed by atoms with Gasteiger partial charge < -0.3 is 10.6 Å². The second-order valence-corrected chi connectivity index (χ2v) is 4.94. The molecular weight excluding hydrogens is 198 g/mol. The molecule has 1 fully saturated rings. The largest absolute Gasteiger partial charge is 0.382 e. The molecule has 0 unspecified atom stereocenters. The van der Waals surface area contributed by atoms with Crippen molar-refractivity contribution in [1.82, 2.24) is 10.3 Å². The van der Waals surface area contributed by atoms with Crippen molar-refractivity contribution >= 4 is 5.69 Å². The molecule has 2 rings (SSSR count). The standard InChI is InChI=1S/C13H21N3/c1-9(2)14-7-11-8-15-10(3)6-13(11)16-12-4-5-12/h6,8-9,12,14H,4-5,7H2,1-3H3,(H,15,16). The summed E-state index contributed by atoms with van der Waals surface area (Å²) in [6.45, 7) is 7.25. The van der Waals surface area contributed by atoms with Gasteiger partial charge in [0.2, 0.25) is 0 Å². The van der Waals surface area contributed by atoms with E-state index in [-0.39, 0.29) is 0 Å². The van der Waals surface area contributed by atoms with Crippen LogP contribution in [0.2, 0.25) is 0 Å². The molecule has 3 nitrogen and oxygen atoms in total. The van der Waals surface area contributed by atoms with Crippen LogP contribution in [-0.2, 0) is 6.54 Å². The van der Waals surface area contributed by atoms with Gasteiger partial charge in [-0.15, -0.1) is 0 Å². The Morgan fingerprint density at radius 2 is 2.19 bits per heavy atom. The Bertz CT molecular complexity index is 356. The molecule has 3 heteroatoms. The summed E-state index contributed by atoms with van der Waals surface area (Å²) in [6.07, 6.45) is 4.59. The van der Waals surface area contributed by atoms with Crippen LogP contribution in [0.4, 0.5) is 5.69 Å². The van der Waals surface area contributed by atoms with Crippen LogP contribution in [0.3, 0.4) is 0 Å². The molecule has 1 aliphatic rings. The highest BCUT2D eigenvalue weighted by atomic mass is 15.0. The van der Waals surface area contributed by atoms with Crippen LogP contribution in [0.15, 0.2) is 12.3 Å². The highest BCUT2D eigenvalue weighted by Crippen LogP contribution is 2.26. The van der Waals surface area contributed by atoms with Gasteiger partial charge in [-0.25, -0.2) is 0 Å². The van der Waals surface area contributed by atoms with E-state index in [9.17, 15) is 0 Å². The van der Waals surface area contributed by atoms with E-state index in [1.807, 2.05) is 13.1 Å². The van der Waals surface area contributed by atoms with E-state index >= 15 is 0 Å². The first kappa shape index (κ1) is 11.4.